The normalized spacial score (nSPS) is 29.1. The van der Waals surface area contributed by atoms with E-state index in [4.69, 9.17) is 23.9 Å². The highest BCUT2D eigenvalue weighted by atomic mass is 19.1. The van der Waals surface area contributed by atoms with Gasteiger partial charge in [-0.05, 0) is 48.9 Å². The largest absolute Gasteiger partial charge is 0.470 e. The van der Waals surface area contributed by atoms with Crippen LogP contribution in [0.2, 0.25) is 0 Å². The number of pyridine rings is 1. The summed E-state index contributed by atoms with van der Waals surface area (Å²) in [5, 5.41) is 12.9. The summed E-state index contributed by atoms with van der Waals surface area (Å²) in [6.07, 6.45) is -0.304. The van der Waals surface area contributed by atoms with Crippen molar-refractivity contribution in [2.24, 2.45) is 5.92 Å². The summed E-state index contributed by atoms with van der Waals surface area (Å²) in [6.45, 7) is 1.08. The van der Waals surface area contributed by atoms with E-state index < -0.39 is 36.2 Å². The van der Waals surface area contributed by atoms with E-state index in [0.29, 0.717) is 34.8 Å². The van der Waals surface area contributed by atoms with E-state index in [1.54, 1.807) is 18.2 Å². The lowest BCUT2D eigenvalue weighted by Crippen LogP contribution is -2.35. The lowest BCUT2D eigenvalue weighted by molar-refractivity contribution is -0.117. The summed E-state index contributed by atoms with van der Waals surface area (Å²) in [7, 11) is 0. The van der Waals surface area contributed by atoms with Crippen LogP contribution in [0, 0.1) is 11.7 Å². The number of rotatable bonds is 7. The summed E-state index contributed by atoms with van der Waals surface area (Å²) >= 11 is 0. The van der Waals surface area contributed by atoms with Crippen molar-refractivity contribution >= 4 is 22.6 Å². The summed E-state index contributed by atoms with van der Waals surface area (Å²) in [6, 6.07) is 18.1. The molecule has 11 heteroatoms. The smallest absolute Gasteiger partial charge is 0.230 e. The average molecular weight is 618 g/mol. The fraction of sp³-hybridized carbons (Fsp3) is 0.412. The number of nitrogens with one attached hydrogen (secondary N) is 1. The number of aliphatic hydroxyl groups is 1. The molecular formula is C34H33F2N3O6. The lowest BCUT2D eigenvalue weighted by Gasteiger charge is -2.27. The Labute approximate surface area is 258 Å². The number of alkyl halides is 1. The van der Waals surface area contributed by atoms with E-state index in [0.717, 1.165) is 30.4 Å². The molecule has 2 N–H and O–H groups in total. The molecule has 4 fully saturated rings. The van der Waals surface area contributed by atoms with Crippen molar-refractivity contribution in [1.29, 1.82) is 0 Å². The summed E-state index contributed by atoms with van der Waals surface area (Å²) in [4.78, 5) is 16.8. The number of carbonyl (C=O) groups excluding carboxylic acids is 1. The maximum Gasteiger partial charge on any atom is 0.230 e. The van der Waals surface area contributed by atoms with Crippen LogP contribution in [0.15, 0.2) is 60.7 Å². The molecule has 1 saturated carbocycles. The molecule has 1 unspecified atom stereocenters. The third-order valence-electron chi connectivity index (χ3n) is 9.13. The number of hydrogen-bond donors (Lipinski definition) is 2. The summed E-state index contributed by atoms with van der Waals surface area (Å²) in [5.74, 6) is -0.809. The van der Waals surface area contributed by atoms with Crippen molar-refractivity contribution in [3.05, 3.63) is 66.5 Å². The molecule has 9 nitrogen and oxygen atoms in total. The van der Waals surface area contributed by atoms with Crippen LogP contribution in [0.1, 0.15) is 31.9 Å². The topological polar surface area (TPSA) is 104 Å². The number of carbonyl (C=O) groups is 1. The van der Waals surface area contributed by atoms with Crippen LogP contribution < -0.4 is 10.1 Å². The maximum absolute atomic E-state index is 15.8. The fourth-order valence-corrected chi connectivity index (χ4v) is 6.55. The van der Waals surface area contributed by atoms with Crippen LogP contribution in [-0.2, 0) is 19.0 Å². The van der Waals surface area contributed by atoms with Crippen molar-refractivity contribution in [2.45, 2.75) is 62.5 Å². The van der Waals surface area contributed by atoms with Gasteiger partial charge in [-0.1, -0.05) is 36.4 Å². The zero-order chi connectivity index (χ0) is 30.7. The highest BCUT2D eigenvalue weighted by molar-refractivity contribution is 5.95. The van der Waals surface area contributed by atoms with E-state index in [1.165, 1.54) is 6.07 Å². The van der Waals surface area contributed by atoms with Gasteiger partial charge in [0.25, 0.3) is 0 Å². The van der Waals surface area contributed by atoms with Crippen molar-refractivity contribution in [2.75, 3.05) is 25.1 Å². The van der Waals surface area contributed by atoms with Gasteiger partial charge in [0.1, 0.15) is 36.4 Å². The van der Waals surface area contributed by atoms with Crippen LogP contribution in [0.5, 0.6) is 5.88 Å². The molecule has 1 amide bonds. The van der Waals surface area contributed by atoms with Gasteiger partial charge in [-0.15, -0.1) is 0 Å². The number of amides is 1. The van der Waals surface area contributed by atoms with Gasteiger partial charge in [-0.3, -0.25) is 9.36 Å². The summed E-state index contributed by atoms with van der Waals surface area (Å²) < 4.78 is 54.8. The van der Waals surface area contributed by atoms with Crippen LogP contribution in [-0.4, -0.2) is 71.0 Å². The maximum atomic E-state index is 15.8. The third-order valence-corrected chi connectivity index (χ3v) is 9.13. The number of aliphatic hydroxyl groups excluding tert-OH is 1. The monoisotopic (exact) mass is 617 g/mol. The minimum Gasteiger partial charge on any atom is -0.470 e. The predicted molar refractivity (Wildman–Crippen MR) is 161 cm³/mol. The van der Waals surface area contributed by atoms with Crippen molar-refractivity contribution in [3.8, 4) is 28.3 Å². The Hall–Kier alpha value is -3.90. The Kier molecular flexibility index (Phi) is 7.28. The molecule has 0 spiro atoms. The van der Waals surface area contributed by atoms with Gasteiger partial charge in [0.05, 0.1) is 30.2 Å². The second-order valence-corrected chi connectivity index (χ2v) is 12.2. The Morgan fingerprint density at radius 1 is 0.956 bits per heavy atom. The Bertz CT molecular complexity index is 1720. The van der Waals surface area contributed by atoms with Gasteiger partial charge in [-0.25, -0.2) is 13.8 Å². The van der Waals surface area contributed by atoms with Crippen LogP contribution in [0.3, 0.4) is 0 Å². The number of fused-ring (bicyclic) bond motifs is 2. The second-order valence-electron chi connectivity index (χ2n) is 12.2. The standard InChI is InChI=1S/C34H33F2N3O6/c35-23-13-22(23)34(41)37-21-10-8-19(9-11-21)18-4-6-20(7-5-18)31-24(36)14-26-25(38-31)15-30(39(26)29-3-1-2-12-42-29)45-28-17-44-32-27(40)16-43-33(28)32/h4-11,14-15,22-23,27-29,32-33,40H,1-3,12-13,16-17H2,(H,37,41)/t22-,23+,27-,28-,29?,32-,33-/m1/s1. The van der Waals surface area contributed by atoms with Crippen molar-refractivity contribution < 1.29 is 37.6 Å². The second kappa shape index (κ2) is 11.5. The molecular weight excluding hydrogens is 584 g/mol. The molecule has 45 heavy (non-hydrogen) atoms. The third kappa shape index (κ3) is 5.37. The first kappa shape index (κ1) is 28.6. The number of benzene rings is 2. The molecule has 2 aromatic carbocycles. The van der Waals surface area contributed by atoms with E-state index >= 15 is 4.39 Å². The zero-order valence-electron chi connectivity index (χ0n) is 24.4. The minimum absolute atomic E-state index is 0.199. The van der Waals surface area contributed by atoms with Gasteiger partial charge in [0, 0.05) is 30.0 Å². The molecule has 4 aliphatic rings. The number of hydrogen-bond acceptors (Lipinski definition) is 7. The van der Waals surface area contributed by atoms with Crippen molar-refractivity contribution in [1.82, 2.24) is 9.55 Å². The molecule has 7 atom stereocenters. The molecule has 0 radical (unpaired) electrons. The molecule has 8 rings (SSSR count). The number of halogens is 2. The van der Waals surface area contributed by atoms with Gasteiger partial charge < -0.3 is 29.4 Å². The quantitative estimate of drug-likeness (QED) is 0.286. The molecule has 2 aromatic heterocycles. The molecule has 5 heterocycles. The highest BCUT2D eigenvalue weighted by Crippen LogP contribution is 2.39. The summed E-state index contributed by atoms with van der Waals surface area (Å²) in [5.41, 5.74) is 4.44. The van der Waals surface area contributed by atoms with E-state index in [2.05, 4.69) is 5.32 Å². The van der Waals surface area contributed by atoms with Gasteiger partial charge in [0.2, 0.25) is 5.91 Å². The van der Waals surface area contributed by atoms with Gasteiger partial charge in [-0.2, -0.15) is 0 Å². The Morgan fingerprint density at radius 3 is 2.38 bits per heavy atom. The SMILES string of the molecule is O=C(Nc1ccc(-c2ccc(-c3nc4cc(O[C@@H]5CO[C@H]6[C@@H]5OC[C@H]6O)n(C5CCCCO5)c4cc3F)cc2)cc1)[C@@H]1C[C@@H]1F. The van der Waals surface area contributed by atoms with Gasteiger partial charge in [0.15, 0.2) is 17.8 Å². The molecule has 4 aromatic rings. The highest BCUT2D eigenvalue weighted by Gasteiger charge is 2.49. The van der Waals surface area contributed by atoms with Crippen LogP contribution in [0.4, 0.5) is 14.5 Å². The van der Waals surface area contributed by atoms with E-state index in [-0.39, 0.29) is 43.6 Å². The predicted octanol–water partition coefficient (Wildman–Crippen LogP) is 5.41. The van der Waals surface area contributed by atoms with Crippen molar-refractivity contribution in [3.63, 3.8) is 0 Å². The first-order chi connectivity index (χ1) is 21.9. The number of nitrogens with zero attached hydrogens (tertiary/aromatic N) is 2. The van der Waals surface area contributed by atoms with Crippen LogP contribution in [0.25, 0.3) is 33.4 Å². The number of ether oxygens (including phenoxy) is 4. The van der Waals surface area contributed by atoms with Crippen LogP contribution >= 0.6 is 0 Å². The average Bonchev–Trinajstić information content (AvgIpc) is 3.32. The fourth-order valence-electron chi connectivity index (χ4n) is 6.55. The number of aromatic nitrogens is 2. The molecule has 3 aliphatic heterocycles. The lowest BCUT2D eigenvalue weighted by atomic mass is 10.0. The first-order valence-corrected chi connectivity index (χ1v) is 15.5. The minimum atomic E-state index is -1.04. The Morgan fingerprint density at radius 2 is 1.67 bits per heavy atom. The molecule has 1 aliphatic carbocycles. The van der Waals surface area contributed by atoms with E-state index in [1.807, 2.05) is 41.0 Å². The first-order valence-electron chi connectivity index (χ1n) is 15.5. The Balaban J connectivity index is 1.06. The van der Waals surface area contributed by atoms with Gasteiger partial charge >= 0.3 is 0 Å². The van der Waals surface area contributed by atoms with E-state index in [9.17, 15) is 14.3 Å². The molecule has 0 bridgehead atoms. The number of anilines is 1. The zero-order valence-corrected chi connectivity index (χ0v) is 24.4. The molecule has 3 saturated heterocycles. The molecule has 234 valence electrons.